The first-order valence-electron chi connectivity index (χ1n) is 6.45. The maximum absolute atomic E-state index is 12.0. The van der Waals surface area contributed by atoms with Crippen molar-refractivity contribution in [3.8, 4) is 5.75 Å². The average Bonchev–Trinajstić information content (AvgIpc) is 2.54. The first-order chi connectivity index (χ1) is 10.2. The SMILES string of the molecule is O=C(/C=C/c1ccc2cccc(O)c2n1)c1ccncc1. The number of phenols is 1. The van der Waals surface area contributed by atoms with Gasteiger partial charge in [0.2, 0.25) is 0 Å². The predicted octanol–water partition coefficient (Wildman–Crippen LogP) is 3.23. The second-order valence-corrected chi connectivity index (χ2v) is 4.52. The lowest BCUT2D eigenvalue weighted by atomic mass is 10.1. The number of rotatable bonds is 3. The van der Waals surface area contributed by atoms with Gasteiger partial charge in [-0.3, -0.25) is 9.78 Å². The highest BCUT2D eigenvalue weighted by Crippen LogP contribution is 2.22. The van der Waals surface area contributed by atoms with Crippen LogP contribution in [0.3, 0.4) is 0 Å². The fraction of sp³-hybridized carbons (Fsp3) is 0. The summed E-state index contributed by atoms with van der Waals surface area (Å²) in [6, 6.07) is 12.2. The van der Waals surface area contributed by atoms with Crippen molar-refractivity contribution in [1.29, 1.82) is 0 Å². The smallest absolute Gasteiger partial charge is 0.186 e. The van der Waals surface area contributed by atoms with Crippen LogP contribution in [0.5, 0.6) is 5.75 Å². The first kappa shape index (κ1) is 13.0. The number of ketones is 1. The van der Waals surface area contributed by atoms with Crippen LogP contribution < -0.4 is 0 Å². The summed E-state index contributed by atoms with van der Waals surface area (Å²) in [4.78, 5) is 20.2. The Bertz CT molecular complexity index is 827. The molecule has 3 rings (SSSR count). The average molecular weight is 276 g/mol. The Balaban J connectivity index is 1.90. The van der Waals surface area contributed by atoms with Gasteiger partial charge in [0.25, 0.3) is 0 Å². The fourth-order valence-corrected chi connectivity index (χ4v) is 2.01. The van der Waals surface area contributed by atoms with E-state index in [1.165, 1.54) is 6.08 Å². The summed E-state index contributed by atoms with van der Waals surface area (Å²) in [5, 5.41) is 10.6. The number of allylic oxidation sites excluding steroid dienone is 1. The summed E-state index contributed by atoms with van der Waals surface area (Å²) in [5.41, 5.74) is 1.72. The molecule has 2 heterocycles. The summed E-state index contributed by atoms with van der Waals surface area (Å²) in [6.07, 6.45) is 6.25. The van der Waals surface area contributed by atoms with Crippen LogP contribution in [0.4, 0.5) is 0 Å². The topological polar surface area (TPSA) is 63.1 Å². The molecular weight excluding hydrogens is 264 g/mol. The molecule has 1 N–H and O–H groups in total. The van der Waals surface area contributed by atoms with E-state index in [-0.39, 0.29) is 11.5 Å². The number of carbonyl (C=O) groups is 1. The quantitative estimate of drug-likeness (QED) is 0.589. The molecule has 0 aliphatic carbocycles. The molecule has 21 heavy (non-hydrogen) atoms. The van der Waals surface area contributed by atoms with Crippen molar-refractivity contribution in [3.05, 3.63) is 72.2 Å². The molecular formula is C17H12N2O2. The minimum Gasteiger partial charge on any atom is -0.506 e. The van der Waals surface area contributed by atoms with Gasteiger partial charge in [-0.05, 0) is 36.4 Å². The minimum absolute atomic E-state index is 0.114. The van der Waals surface area contributed by atoms with Crippen LogP contribution in [-0.2, 0) is 0 Å². The molecule has 0 aliphatic heterocycles. The van der Waals surface area contributed by atoms with E-state index in [9.17, 15) is 9.90 Å². The second kappa shape index (κ2) is 5.54. The molecule has 0 radical (unpaired) electrons. The van der Waals surface area contributed by atoms with Crippen LogP contribution in [0.2, 0.25) is 0 Å². The number of phenolic OH excluding ortho intramolecular Hbond substituents is 1. The number of carbonyl (C=O) groups excluding carboxylic acids is 1. The zero-order valence-corrected chi connectivity index (χ0v) is 11.1. The third-order valence-corrected chi connectivity index (χ3v) is 3.09. The van der Waals surface area contributed by atoms with Crippen LogP contribution in [-0.4, -0.2) is 20.9 Å². The van der Waals surface area contributed by atoms with E-state index in [1.54, 1.807) is 48.8 Å². The number of pyridine rings is 2. The Morgan fingerprint density at radius 1 is 1.05 bits per heavy atom. The van der Waals surface area contributed by atoms with Crippen molar-refractivity contribution in [2.45, 2.75) is 0 Å². The molecule has 0 aliphatic rings. The number of hydrogen-bond donors (Lipinski definition) is 1. The van der Waals surface area contributed by atoms with Gasteiger partial charge in [-0.15, -0.1) is 0 Å². The van der Waals surface area contributed by atoms with Crippen LogP contribution >= 0.6 is 0 Å². The van der Waals surface area contributed by atoms with Crippen molar-refractivity contribution < 1.29 is 9.90 Å². The Labute approximate surface area is 121 Å². The number of benzene rings is 1. The van der Waals surface area contributed by atoms with Gasteiger partial charge >= 0.3 is 0 Å². The van der Waals surface area contributed by atoms with Gasteiger partial charge in [-0.25, -0.2) is 4.98 Å². The first-order valence-corrected chi connectivity index (χ1v) is 6.45. The molecule has 4 nitrogen and oxygen atoms in total. The Hall–Kier alpha value is -3.01. The highest BCUT2D eigenvalue weighted by Gasteiger charge is 2.03. The number of aromatic nitrogens is 2. The maximum Gasteiger partial charge on any atom is 0.186 e. The highest BCUT2D eigenvalue weighted by atomic mass is 16.3. The molecule has 3 aromatic rings. The Morgan fingerprint density at radius 3 is 2.67 bits per heavy atom. The summed E-state index contributed by atoms with van der Waals surface area (Å²) in [7, 11) is 0. The summed E-state index contributed by atoms with van der Waals surface area (Å²) in [5.74, 6) is 0.0137. The Kier molecular flexibility index (Phi) is 3.43. The fourth-order valence-electron chi connectivity index (χ4n) is 2.01. The third kappa shape index (κ3) is 2.79. The molecule has 4 heteroatoms. The lowest BCUT2D eigenvalue weighted by Gasteiger charge is -2.01. The third-order valence-electron chi connectivity index (χ3n) is 3.09. The minimum atomic E-state index is -0.114. The zero-order valence-electron chi connectivity index (χ0n) is 11.1. The molecule has 0 fully saturated rings. The Morgan fingerprint density at radius 2 is 1.86 bits per heavy atom. The van der Waals surface area contributed by atoms with Crippen molar-refractivity contribution >= 4 is 22.8 Å². The van der Waals surface area contributed by atoms with Gasteiger partial charge in [-0.1, -0.05) is 18.2 Å². The van der Waals surface area contributed by atoms with Gasteiger partial charge in [0.1, 0.15) is 11.3 Å². The second-order valence-electron chi connectivity index (χ2n) is 4.52. The summed E-state index contributed by atoms with van der Waals surface area (Å²) < 4.78 is 0. The van der Waals surface area contributed by atoms with E-state index >= 15 is 0 Å². The van der Waals surface area contributed by atoms with Crippen molar-refractivity contribution in [1.82, 2.24) is 9.97 Å². The molecule has 0 amide bonds. The molecule has 0 atom stereocenters. The molecule has 0 saturated carbocycles. The molecule has 0 unspecified atom stereocenters. The summed E-state index contributed by atoms with van der Waals surface area (Å²) in [6.45, 7) is 0. The van der Waals surface area contributed by atoms with Gasteiger partial charge in [0.15, 0.2) is 5.78 Å². The van der Waals surface area contributed by atoms with Crippen LogP contribution in [0, 0.1) is 0 Å². The van der Waals surface area contributed by atoms with Crippen LogP contribution in [0.1, 0.15) is 16.1 Å². The molecule has 1 aromatic carbocycles. The van der Waals surface area contributed by atoms with Crippen molar-refractivity contribution in [2.24, 2.45) is 0 Å². The normalized spacial score (nSPS) is 11.0. The molecule has 2 aromatic heterocycles. The van der Waals surface area contributed by atoms with Crippen LogP contribution in [0.15, 0.2) is 60.9 Å². The van der Waals surface area contributed by atoms with Gasteiger partial charge in [0, 0.05) is 23.3 Å². The van der Waals surface area contributed by atoms with Gasteiger partial charge in [-0.2, -0.15) is 0 Å². The van der Waals surface area contributed by atoms with E-state index in [0.717, 1.165) is 5.39 Å². The highest BCUT2D eigenvalue weighted by molar-refractivity contribution is 6.06. The van der Waals surface area contributed by atoms with E-state index in [1.807, 2.05) is 12.1 Å². The molecule has 102 valence electrons. The van der Waals surface area contributed by atoms with Crippen molar-refractivity contribution in [2.75, 3.05) is 0 Å². The van der Waals surface area contributed by atoms with Gasteiger partial charge in [0.05, 0.1) is 5.69 Å². The standard InChI is InChI=1S/C17H12N2O2/c20-15(12-8-10-18-11-9-12)7-6-14-5-4-13-2-1-3-16(21)17(13)19-14/h1-11,21H/b7-6+. The molecule has 0 bridgehead atoms. The number of fused-ring (bicyclic) bond motifs is 1. The maximum atomic E-state index is 12.0. The van der Waals surface area contributed by atoms with E-state index < -0.39 is 0 Å². The lowest BCUT2D eigenvalue weighted by molar-refractivity contribution is 0.104. The summed E-state index contributed by atoms with van der Waals surface area (Å²) >= 11 is 0. The monoisotopic (exact) mass is 276 g/mol. The van der Waals surface area contributed by atoms with E-state index in [4.69, 9.17) is 0 Å². The molecule has 0 spiro atoms. The molecule has 0 saturated heterocycles. The number of nitrogens with zero attached hydrogens (tertiary/aromatic N) is 2. The number of aromatic hydroxyl groups is 1. The largest absolute Gasteiger partial charge is 0.506 e. The van der Waals surface area contributed by atoms with Gasteiger partial charge < -0.3 is 5.11 Å². The number of hydrogen-bond acceptors (Lipinski definition) is 4. The van der Waals surface area contributed by atoms with Crippen LogP contribution in [0.25, 0.3) is 17.0 Å². The predicted molar refractivity (Wildman–Crippen MR) is 81.0 cm³/mol. The zero-order chi connectivity index (χ0) is 14.7. The van der Waals surface area contributed by atoms with Crippen molar-refractivity contribution in [3.63, 3.8) is 0 Å². The van der Waals surface area contributed by atoms with E-state index in [0.29, 0.717) is 16.8 Å². The van der Waals surface area contributed by atoms with E-state index in [2.05, 4.69) is 9.97 Å². The lowest BCUT2D eigenvalue weighted by Crippen LogP contribution is -1.94. The number of para-hydroxylation sites is 1.